The van der Waals surface area contributed by atoms with Gasteiger partial charge in [0.15, 0.2) is 6.10 Å². The Labute approximate surface area is 375 Å². The van der Waals surface area contributed by atoms with Crippen molar-refractivity contribution in [2.75, 3.05) is 13.2 Å². The number of carbonyl (C=O) groups excluding carboxylic acids is 3. The monoisotopic (exact) mass is 847 g/mol. The number of ether oxygens (including phenoxy) is 3. The van der Waals surface area contributed by atoms with E-state index >= 15 is 0 Å². The first kappa shape index (κ1) is 57.3. The summed E-state index contributed by atoms with van der Waals surface area (Å²) in [5.41, 5.74) is 0. The number of rotatable bonds is 43. The van der Waals surface area contributed by atoms with Gasteiger partial charge in [-0.1, -0.05) is 214 Å². The fourth-order valence-electron chi connectivity index (χ4n) is 6.46. The van der Waals surface area contributed by atoms with E-state index in [1.54, 1.807) is 0 Å². The Bertz CT molecular complexity index is 1250. The Balaban J connectivity index is 4.53. The van der Waals surface area contributed by atoms with Crippen LogP contribution in [0, 0.1) is 0 Å². The Morgan fingerprint density at radius 1 is 0.361 bits per heavy atom. The molecule has 0 rings (SSSR count). The standard InChI is InChI=1S/C55H90O6/c1-4-7-10-13-16-19-22-25-26-27-28-31-33-36-39-42-45-48-54(57)60-51-52(61-55(58)49-46-43-40-37-34-30-24-21-18-15-12-9-6-3)50-59-53(56)47-44-41-38-35-32-29-23-20-17-14-11-8-5-2/h9,12,15,18,21,24-26,29-30,32,34,37-38,40-41,52H,4-8,10-11,13-14,16-17,19-20,22-23,27-28,31,33,35-36,39,42-51H2,1-3H3/b12-9-,18-15-,24-21-,26-25-,32-29-,34-30-,40-37-,41-38-. The SMILES string of the molecule is CC\C=C/C=C\C=C/C=C\C=C/CCCC(=O)OC(COC(=O)CC/C=C\C/C=C\CCCCCCCC)COC(=O)CCCCCCCCC/C=C\CCCCCCCC. The summed E-state index contributed by atoms with van der Waals surface area (Å²) in [6.45, 7) is 6.35. The summed E-state index contributed by atoms with van der Waals surface area (Å²) in [4.78, 5) is 37.8. The lowest BCUT2D eigenvalue weighted by atomic mass is 10.1. The second kappa shape index (κ2) is 49.0. The van der Waals surface area contributed by atoms with Crippen LogP contribution in [0.15, 0.2) is 97.2 Å². The van der Waals surface area contributed by atoms with Gasteiger partial charge in [-0.2, -0.15) is 0 Å². The van der Waals surface area contributed by atoms with E-state index in [1.807, 2.05) is 60.8 Å². The molecule has 1 unspecified atom stereocenters. The maximum Gasteiger partial charge on any atom is 0.306 e. The van der Waals surface area contributed by atoms with Gasteiger partial charge in [-0.3, -0.25) is 14.4 Å². The molecule has 0 aliphatic rings. The van der Waals surface area contributed by atoms with Crippen LogP contribution in [0.25, 0.3) is 0 Å². The van der Waals surface area contributed by atoms with Crippen molar-refractivity contribution in [2.24, 2.45) is 0 Å². The molecule has 0 saturated carbocycles. The minimum absolute atomic E-state index is 0.126. The zero-order chi connectivity index (χ0) is 44.4. The number of hydrogen-bond acceptors (Lipinski definition) is 6. The first-order valence-corrected chi connectivity index (χ1v) is 24.8. The zero-order valence-electron chi connectivity index (χ0n) is 39.4. The molecule has 0 aromatic heterocycles. The smallest absolute Gasteiger partial charge is 0.306 e. The third kappa shape index (κ3) is 47.2. The van der Waals surface area contributed by atoms with Gasteiger partial charge >= 0.3 is 17.9 Å². The Hall–Kier alpha value is -3.67. The number of carbonyl (C=O) groups is 3. The first-order valence-electron chi connectivity index (χ1n) is 24.8. The highest BCUT2D eigenvalue weighted by Gasteiger charge is 2.19. The van der Waals surface area contributed by atoms with Gasteiger partial charge in [0.25, 0.3) is 0 Å². The second-order valence-electron chi connectivity index (χ2n) is 16.1. The van der Waals surface area contributed by atoms with Gasteiger partial charge in [0.2, 0.25) is 0 Å². The fourth-order valence-corrected chi connectivity index (χ4v) is 6.46. The van der Waals surface area contributed by atoms with E-state index in [9.17, 15) is 14.4 Å². The van der Waals surface area contributed by atoms with Crippen LogP contribution in [0.5, 0.6) is 0 Å². The van der Waals surface area contributed by atoms with Gasteiger partial charge < -0.3 is 14.2 Å². The van der Waals surface area contributed by atoms with Crippen LogP contribution >= 0.6 is 0 Å². The molecule has 0 aliphatic heterocycles. The van der Waals surface area contributed by atoms with E-state index in [1.165, 1.54) is 116 Å². The molecule has 346 valence electrons. The van der Waals surface area contributed by atoms with E-state index in [-0.39, 0.29) is 38.0 Å². The minimum Gasteiger partial charge on any atom is -0.462 e. The molecule has 0 spiro atoms. The van der Waals surface area contributed by atoms with Crippen LogP contribution in [-0.2, 0) is 28.6 Å². The molecule has 0 aromatic rings. The molecule has 0 aliphatic carbocycles. The second-order valence-corrected chi connectivity index (χ2v) is 16.1. The van der Waals surface area contributed by atoms with Crippen LogP contribution in [0.4, 0.5) is 0 Å². The van der Waals surface area contributed by atoms with Crippen LogP contribution in [0.3, 0.4) is 0 Å². The molecule has 0 fully saturated rings. The molecular weight excluding hydrogens is 757 g/mol. The molecule has 0 amide bonds. The van der Waals surface area contributed by atoms with E-state index in [2.05, 4.69) is 57.2 Å². The quantitative estimate of drug-likeness (QED) is 0.0200. The third-order valence-electron chi connectivity index (χ3n) is 10.2. The van der Waals surface area contributed by atoms with E-state index < -0.39 is 12.1 Å². The van der Waals surface area contributed by atoms with Crippen LogP contribution in [0.1, 0.15) is 213 Å². The van der Waals surface area contributed by atoms with Crippen LogP contribution < -0.4 is 0 Å². The molecule has 6 heteroatoms. The van der Waals surface area contributed by atoms with Crippen molar-refractivity contribution in [3.05, 3.63) is 97.2 Å². The zero-order valence-corrected chi connectivity index (χ0v) is 39.4. The molecule has 0 radical (unpaired) electrons. The Morgan fingerprint density at radius 3 is 1.28 bits per heavy atom. The lowest BCUT2D eigenvalue weighted by Gasteiger charge is -2.18. The topological polar surface area (TPSA) is 78.9 Å². The predicted octanol–water partition coefficient (Wildman–Crippen LogP) is 16.2. The Morgan fingerprint density at radius 2 is 0.754 bits per heavy atom. The average molecular weight is 847 g/mol. The van der Waals surface area contributed by atoms with Crippen molar-refractivity contribution >= 4 is 17.9 Å². The fraction of sp³-hybridized carbons (Fsp3) is 0.655. The summed E-state index contributed by atoms with van der Waals surface area (Å²) < 4.78 is 16.6. The molecule has 61 heavy (non-hydrogen) atoms. The minimum atomic E-state index is -0.838. The molecule has 0 aromatic carbocycles. The summed E-state index contributed by atoms with van der Waals surface area (Å²) in [7, 11) is 0. The normalized spacial score (nSPS) is 12.9. The van der Waals surface area contributed by atoms with Crippen molar-refractivity contribution in [3.63, 3.8) is 0 Å². The van der Waals surface area contributed by atoms with Gasteiger partial charge in [0, 0.05) is 19.3 Å². The highest BCUT2D eigenvalue weighted by molar-refractivity contribution is 5.71. The van der Waals surface area contributed by atoms with Gasteiger partial charge in [-0.05, 0) is 77.0 Å². The maximum atomic E-state index is 12.7. The first-order chi connectivity index (χ1) is 30.0. The third-order valence-corrected chi connectivity index (χ3v) is 10.2. The van der Waals surface area contributed by atoms with Gasteiger partial charge in [-0.15, -0.1) is 0 Å². The molecule has 1 atom stereocenters. The molecular formula is C55H90O6. The molecule has 0 N–H and O–H groups in total. The number of allylic oxidation sites excluding steroid dienone is 16. The van der Waals surface area contributed by atoms with Crippen molar-refractivity contribution in [1.29, 1.82) is 0 Å². The van der Waals surface area contributed by atoms with E-state index in [4.69, 9.17) is 14.2 Å². The summed E-state index contributed by atoms with van der Waals surface area (Å²) in [5, 5.41) is 0. The number of esters is 3. The maximum absolute atomic E-state index is 12.7. The van der Waals surface area contributed by atoms with Crippen molar-refractivity contribution in [3.8, 4) is 0 Å². The number of hydrogen-bond donors (Lipinski definition) is 0. The van der Waals surface area contributed by atoms with Gasteiger partial charge in [0.05, 0.1) is 0 Å². The van der Waals surface area contributed by atoms with Crippen LogP contribution in [-0.4, -0.2) is 37.2 Å². The molecule has 6 nitrogen and oxygen atoms in total. The summed E-state index contributed by atoms with van der Waals surface area (Å²) >= 11 is 0. The molecule has 0 bridgehead atoms. The summed E-state index contributed by atoms with van der Waals surface area (Å²) in [6, 6.07) is 0. The van der Waals surface area contributed by atoms with Crippen molar-refractivity contribution in [2.45, 2.75) is 219 Å². The lowest BCUT2D eigenvalue weighted by Crippen LogP contribution is -2.30. The average Bonchev–Trinajstić information content (AvgIpc) is 3.26. The van der Waals surface area contributed by atoms with E-state index in [0.29, 0.717) is 19.3 Å². The molecule has 0 saturated heterocycles. The van der Waals surface area contributed by atoms with E-state index in [0.717, 1.165) is 44.9 Å². The predicted molar refractivity (Wildman–Crippen MR) is 260 cm³/mol. The molecule has 0 heterocycles. The highest BCUT2D eigenvalue weighted by atomic mass is 16.6. The van der Waals surface area contributed by atoms with Gasteiger partial charge in [-0.25, -0.2) is 0 Å². The highest BCUT2D eigenvalue weighted by Crippen LogP contribution is 2.13. The Kier molecular flexibility index (Phi) is 46.0. The number of unbranched alkanes of at least 4 members (excludes halogenated alkanes) is 20. The van der Waals surface area contributed by atoms with Crippen molar-refractivity contribution in [1.82, 2.24) is 0 Å². The summed E-state index contributed by atoms with van der Waals surface area (Å²) in [5.74, 6) is -1.08. The van der Waals surface area contributed by atoms with Crippen molar-refractivity contribution < 1.29 is 28.6 Å². The largest absolute Gasteiger partial charge is 0.462 e. The summed E-state index contributed by atoms with van der Waals surface area (Å²) in [6.07, 6.45) is 64.1. The van der Waals surface area contributed by atoms with Crippen LogP contribution in [0.2, 0.25) is 0 Å². The lowest BCUT2D eigenvalue weighted by molar-refractivity contribution is -0.166. The van der Waals surface area contributed by atoms with Gasteiger partial charge in [0.1, 0.15) is 13.2 Å².